The van der Waals surface area contributed by atoms with Crippen LogP contribution in [0.5, 0.6) is 5.75 Å². The van der Waals surface area contributed by atoms with Crippen molar-refractivity contribution in [3.05, 3.63) is 51.2 Å². The van der Waals surface area contributed by atoms with E-state index in [9.17, 15) is 0 Å². The molecule has 0 aliphatic rings. The van der Waals surface area contributed by atoms with Crippen molar-refractivity contribution in [3.8, 4) is 5.75 Å². The second kappa shape index (κ2) is 6.94. The highest BCUT2D eigenvalue weighted by molar-refractivity contribution is 7.16. The van der Waals surface area contributed by atoms with Gasteiger partial charge < -0.3 is 10.5 Å². The Morgan fingerprint density at radius 2 is 2.16 bits per heavy atom. The lowest BCUT2D eigenvalue weighted by atomic mass is 9.97. The minimum atomic E-state index is 0.183. The highest BCUT2D eigenvalue weighted by atomic mass is 35.5. The molecule has 1 heterocycles. The maximum absolute atomic E-state index is 6.00. The summed E-state index contributed by atoms with van der Waals surface area (Å²) in [5.74, 6) is 1.09. The maximum Gasteiger partial charge on any atom is 0.119 e. The molecular formula is C15H18ClNOS. The molecule has 2 rings (SSSR count). The first-order chi connectivity index (χ1) is 9.24. The van der Waals surface area contributed by atoms with Crippen molar-refractivity contribution in [1.82, 2.24) is 0 Å². The van der Waals surface area contributed by atoms with E-state index in [1.165, 1.54) is 10.4 Å². The summed E-state index contributed by atoms with van der Waals surface area (Å²) < 4.78 is 6.47. The molecule has 0 aliphatic carbocycles. The van der Waals surface area contributed by atoms with Crippen molar-refractivity contribution in [2.45, 2.75) is 19.3 Å². The van der Waals surface area contributed by atoms with E-state index in [1.54, 1.807) is 11.3 Å². The van der Waals surface area contributed by atoms with E-state index in [4.69, 9.17) is 22.1 Å². The first-order valence-corrected chi connectivity index (χ1v) is 7.62. The van der Waals surface area contributed by atoms with E-state index in [1.807, 2.05) is 24.3 Å². The zero-order chi connectivity index (χ0) is 13.7. The first-order valence-electron chi connectivity index (χ1n) is 6.42. The minimum absolute atomic E-state index is 0.183. The van der Waals surface area contributed by atoms with Crippen molar-refractivity contribution < 1.29 is 4.74 Å². The Kier molecular flexibility index (Phi) is 5.25. The summed E-state index contributed by atoms with van der Waals surface area (Å²) in [7, 11) is 0. The van der Waals surface area contributed by atoms with Gasteiger partial charge in [-0.25, -0.2) is 0 Å². The largest absolute Gasteiger partial charge is 0.494 e. The van der Waals surface area contributed by atoms with Gasteiger partial charge in [-0.15, -0.1) is 11.3 Å². The minimum Gasteiger partial charge on any atom is -0.494 e. The lowest BCUT2D eigenvalue weighted by Gasteiger charge is -2.15. The number of halogens is 1. The van der Waals surface area contributed by atoms with E-state index < -0.39 is 0 Å². The highest BCUT2D eigenvalue weighted by Crippen LogP contribution is 2.33. The maximum atomic E-state index is 6.00. The second-order valence-corrected chi connectivity index (χ2v) is 6.10. The van der Waals surface area contributed by atoms with Crippen molar-refractivity contribution in [2.75, 3.05) is 13.2 Å². The lowest BCUT2D eigenvalue weighted by molar-refractivity contribution is 0.317. The molecule has 1 aromatic carbocycles. The van der Waals surface area contributed by atoms with Crippen molar-refractivity contribution in [3.63, 3.8) is 0 Å². The number of benzene rings is 1. The van der Waals surface area contributed by atoms with Gasteiger partial charge in [0.15, 0.2) is 0 Å². The Morgan fingerprint density at radius 3 is 2.79 bits per heavy atom. The van der Waals surface area contributed by atoms with Crippen molar-refractivity contribution in [1.29, 1.82) is 0 Å². The van der Waals surface area contributed by atoms with Crippen LogP contribution < -0.4 is 10.5 Å². The third kappa shape index (κ3) is 3.72. The van der Waals surface area contributed by atoms with Gasteiger partial charge in [-0.05, 0) is 36.2 Å². The molecule has 0 fully saturated rings. The van der Waals surface area contributed by atoms with E-state index in [-0.39, 0.29) is 5.92 Å². The number of rotatable bonds is 6. The molecular weight excluding hydrogens is 278 g/mol. The van der Waals surface area contributed by atoms with Gasteiger partial charge in [0.05, 0.1) is 10.9 Å². The monoisotopic (exact) mass is 295 g/mol. The molecule has 2 aromatic rings. The SMILES string of the molecule is CCCOc1cccc(C(CN)c2ccc(Cl)s2)c1. The van der Waals surface area contributed by atoms with Gasteiger partial charge in [0, 0.05) is 17.3 Å². The molecule has 1 unspecified atom stereocenters. The summed E-state index contributed by atoms with van der Waals surface area (Å²) in [5, 5.41) is 0. The molecule has 0 amide bonds. The number of thiophene rings is 1. The van der Waals surface area contributed by atoms with Gasteiger partial charge in [0.2, 0.25) is 0 Å². The molecule has 2 nitrogen and oxygen atoms in total. The summed E-state index contributed by atoms with van der Waals surface area (Å²) in [6.45, 7) is 3.40. The van der Waals surface area contributed by atoms with Gasteiger partial charge in [-0.2, -0.15) is 0 Å². The average molecular weight is 296 g/mol. The third-order valence-corrected chi connectivity index (χ3v) is 4.25. The highest BCUT2D eigenvalue weighted by Gasteiger charge is 2.15. The van der Waals surface area contributed by atoms with Crippen LogP contribution >= 0.6 is 22.9 Å². The fraction of sp³-hybridized carbons (Fsp3) is 0.333. The van der Waals surface area contributed by atoms with Gasteiger partial charge in [0.25, 0.3) is 0 Å². The Labute approximate surface area is 123 Å². The number of ether oxygens (including phenoxy) is 1. The van der Waals surface area contributed by atoms with Crippen molar-refractivity contribution >= 4 is 22.9 Å². The molecule has 0 aliphatic heterocycles. The van der Waals surface area contributed by atoms with E-state index in [0.29, 0.717) is 6.54 Å². The van der Waals surface area contributed by atoms with E-state index in [2.05, 4.69) is 19.1 Å². The summed E-state index contributed by atoms with van der Waals surface area (Å²) in [5.41, 5.74) is 7.09. The Morgan fingerprint density at radius 1 is 1.32 bits per heavy atom. The number of hydrogen-bond donors (Lipinski definition) is 1. The topological polar surface area (TPSA) is 35.2 Å². The summed E-state index contributed by atoms with van der Waals surface area (Å²) in [4.78, 5) is 1.19. The Bertz CT molecular complexity index is 526. The zero-order valence-electron chi connectivity index (χ0n) is 10.9. The molecule has 0 spiro atoms. The predicted molar refractivity (Wildman–Crippen MR) is 82.5 cm³/mol. The molecule has 0 saturated heterocycles. The normalized spacial score (nSPS) is 12.4. The summed E-state index contributed by atoms with van der Waals surface area (Å²) >= 11 is 7.59. The summed E-state index contributed by atoms with van der Waals surface area (Å²) in [6, 6.07) is 12.1. The first kappa shape index (κ1) is 14.4. The van der Waals surface area contributed by atoms with Crippen LogP contribution in [0.2, 0.25) is 4.34 Å². The summed E-state index contributed by atoms with van der Waals surface area (Å²) in [6.07, 6.45) is 1.01. The fourth-order valence-electron chi connectivity index (χ4n) is 1.97. The quantitative estimate of drug-likeness (QED) is 0.863. The third-order valence-electron chi connectivity index (χ3n) is 2.91. The van der Waals surface area contributed by atoms with Crippen LogP contribution in [0.1, 0.15) is 29.7 Å². The average Bonchev–Trinajstić information content (AvgIpc) is 2.84. The number of hydrogen-bond acceptors (Lipinski definition) is 3. The van der Waals surface area contributed by atoms with Gasteiger partial charge in [0.1, 0.15) is 5.75 Å². The van der Waals surface area contributed by atoms with Crippen LogP contribution in [0.25, 0.3) is 0 Å². The Balaban J connectivity index is 2.23. The molecule has 0 bridgehead atoms. The van der Waals surface area contributed by atoms with Crippen LogP contribution in [0, 0.1) is 0 Å². The van der Waals surface area contributed by atoms with E-state index in [0.717, 1.165) is 23.1 Å². The molecule has 2 N–H and O–H groups in total. The van der Waals surface area contributed by atoms with Crippen molar-refractivity contribution in [2.24, 2.45) is 5.73 Å². The van der Waals surface area contributed by atoms with Crippen LogP contribution in [0.3, 0.4) is 0 Å². The molecule has 102 valence electrons. The van der Waals surface area contributed by atoms with Gasteiger partial charge in [-0.3, -0.25) is 0 Å². The molecule has 4 heteroatoms. The zero-order valence-corrected chi connectivity index (χ0v) is 12.5. The van der Waals surface area contributed by atoms with Gasteiger partial charge >= 0.3 is 0 Å². The smallest absolute Gasteiger partial charge is 0.119 e. The Hall–Kier alpha value is -1.03. The van der Waals surface area contributed by atoms with Crippen LogP contribution in [0.15, 0.2) is 36.4 Å². The lowest BCUT2D eigenvalue weighted by Crippen LogP contribution is -2.12. The van der Waals surface area contributed by atoms with Crippen LogP contribution in [0.4, 0.5) is 0 Å². The molecule has 19 heavy (non-hydrogen) atoms. The van der Waals surface area contributed by atoms with Crippen LogP contribution in [-0.4, -0.2) is 13.2 Å². The standard InChI is InChI=1S/C15H18ClNOS/c1-2-8-18-12-5-3-4-11(9-12)13(10-17)14-6-7-15(16)19-14/h3-7,9,13H,2,8,10,17H2,1H3. The molecule has 0 radical (unpaired) electrons. The van der Waals surface area contributed by atoms with E-state index >= 15 is 0 Å². The van der Waals surface area contributed by atoms with Crippen LogP contribution in [-0.2, 0) is 0 Å². The second-order valence-electron chi connectivity index (χ2n) is 4.35. The fourth-order valence-corrected chi connectivity index (χ4v) is 3.18. The number of nitrogens with two attached hydrogens (primary N) is 1. The molecule has 0 saturated carbocycles. The molecule has 1 atom stereocenters. The van der Waals surface area contributed by atoms with Gasteiger partial charge in [-0.1, -0.05) is 30.7 Å². The molecule has 1 aromatic heterocycles. The predicted octanol–water partition coefficient (Wildman–Crippen LogP) is 4.28.